The van der Waals surface area contributed by atoms with Gasteiger partial charge in [0.15, 0.2) is 5.78 Å². The molecular weight excluding hydrogens is 188 g/mol. The van der Waals surface area contributed by atoms with Gasteiger partial charge in [0.1, 0.15) is 0 Å². The van der Waals surface area contributed by atoms with Crippen LogP contribution in [0.3, 0.4) is 0 Å². The minimum absolute atomic E-state index is 0.0276. The lowest BCUT2D eigenvalue weighted by Gasteiger charge is -2.06. The Morgan fingerprint density at radius 3 is 2.67 bits per heavy atom. The molecule has 15 heavy (non-hydrogen) atoms. The molecule has 0 aliphatic heterocycles. The Morgan fingerprint density at radius 1 is 1.53 bits per heavy atom. The minimum Gasteiger partial charge on any atom is -0.293 e. The molecule has 0 fully saturated rings. The summed E-state index contributed by atoms with van der Waals surface area (Å²) in [4.78, 5) is 11.6. The highest BCUT2D eigenvalue weighted by atomic mass is 16.1. The Kier molecular flexibility index (Phi) is 3.31. The van der Waals surface area contributed by atoms with Crippen LogP contribution in [0.15, 0.2) is 12.4 Å². The average Bonchev–Trinajstić information content (AvgIpc) is 2.49. The Labute approximate surface area is 90.5 Å². The highest BCUT2D eigenvalue weighted by Crippen LogP contribution is 2.10. The van der Waals surface area contributed by atoms with E-state index < -0.39 is 0 Å². The zero-order chi connectivity index (χ0) is 11.5. The van der Waals surface area contributed by atoms with E-state index in [1.165, 1.54) is 0 Å². The first-order chi connectivity index (χ1) is 6.88. The lowest BCUT2D eigenvalue weighted by atomic mass is 9.97. The molecule has 0 aromatic carbocycles. The second-order valence-corrected chi connectivity index (χ2v) is 4.55. The van der Waals surface area contributed by atoms with Crippen molar-refractivity contribution in [3.63, 3.8) is 0 Å². The first-order valence-corrected chi connectivity index (χ1v) is 4.90. The molecule has 1 rings (SSSR count). The van der Waals surface area contributed by atoms with Crippen LogP contribution in [-0.4, -0.2) is 15.6 Å². The number of aromatic nitrogens is 2. The molecule has 1 heterocycles. The Bertz CT molecular complexity index is 413. The minimum atomic E-state index is -0.0464. The van der Waals surface area contributed by atoms with Crippen molar-refractivity contribution in [2.75, 3.05) is 0 Å². The largest absolute Gasteiger partial charge is 0.293 e. The van der Waals surface area contributed by atoms with Crippen molar-refractivity contribution in [2.45, 2.75) is 27.2 Å². The van der Waals surface area contributed by atoms with Gasteiger partial charge in [-0.05, 0) is 20.8 Å². The van der Waals surface area contributed by atoms with Gasteiger partial charge >= 0.3 is 0 Å². The van der Waals surface area contributed by atoms with Gasteiger partial charge in [-0.3, -0.25) is 9.48 Å². The summed E-state index contributed by atoms with van der Waals surface area (Å²) in [6.45, 7) is 6.07. The summed E-state index contributed by atoms with van der Waals surface area (Å²) in [5.74, 6) is 5.96. The van der Waals surface area contributed by atoms with E-state index in [0.717, 1.165) is 0 Å². The summed E-state index contributed by atoms with van der Waals surface area (Å²) < 4.78 is 1.62. The van der Waals surface area contributed by atoms with E-state index in [0.29, 0.717) is 5.56 Å². The molecular formula is C12H16N2O. The number of hydrogen-bond acceptors (Lipinski definition) is 2. The fraction of sp³-hybridized carbons (Fsp3) is 0.500. The number of nitrogens with zero attached hydrogens (tertiary/aromatic N) is 2. The fourth-order valence-corrected chi connectivity index (χ4v) is 1.06. The van der Waals surface area contributed by atoms with Crippen molar-refractivity contribution in [1.82, 2.24) is 9.78 Å². The van der Waals surface area contributed by atoms with Crippen LogP contribution >= 0.6 is 0 Å². The van der Waals surface area contributed by atoms with Crippen LogP contribution in [0.2, 0.25) is 0 Å². The van der Waals surface area contributed by atoms with E-state index in [9.17, 15) is 4.79 Å². The number of carbonyl (C=O) groups excluding carboxylic acids is 1. The molecule has 0 saturated carbocycles. The smallest absolute Gasteiger partial charge is 0.177 e. The molecule has 0 saturated heterocycles. The van der Waals surface area contributed by atoms with E-state index in [1.807, 2.05) is 20.8 Å². The van der Waals surface area contributed by atoms with E-state index in [4.69, 9.17) is 0 Å². The van der Waals surface area contributed by atoms with Crippen molar-refractivity contribution in [1.29, 1.82) is 0 Å². The van der Waals surface area contributed by atoms with Gasteiger partial charge in [-0.15, -0.1) is 0 Å². The molecule has 0 amide bonds. The molecule has 0 radical (unpaired) electrons. The summed E-state index contributed by atoms with van der Waals surface area (Å²) in [6, 6.07) is 0. The van der Waals surface area contributed by atoms with Crippen LogP contribution in [0.4, 0.5) is 0 Å². The van der Waals surface area contributed by atoms with Crippen molar-refractivity contribution in [2.24, 2.45) is 12.5 Å². The van der Waals surface area contributed by atoms with E-state index >= 15 is 0 Å². The molecule has 0 N–H and O–H groups in total. The normalized spacial score (nSPS) is 10.7. The molecule has 0 aliphatic rings. The van der Waals surface area contributed by atoms with Crippen molar-refractivity contribution in [3.05, 3.63) is 18.0 Å². The molecule has 0 spiro atoms. The SMILES string of the molecule is Cn1cc(C(=O)CC#CC(C)(C)C)cn1. The standard InChI is InChI=1S/C12H16N2O/c1-12(2,3)7-5-6-11(15)10-8-13-14(4)9-10/h8-9H,6H2,1-4H3. The highest BCUT2D eigenvalue weighted by molar-refractivity contribution is 5.97. The number of ketones is 1. The average molecular weight is 204 g/mol. The maximum absolute atomic E-state index is 11.6. The van der Waals surface area contributed by atoms with Crippen molar-refractivity contribution in [3.8, 4) is 11.8 Å². The zero-order valence-electron chi connectivity index (χ0n) is 9.66. The predicted molar refractivity (Wildman–Crippen MR) is 59.4 cm³/mol. The maximum Gasteiger partial charge on any atom is 0.177 e. The summed E-state index contributed by atoms with van der Waals surface area (Å²) in [5, 5.41) is 3.94. The number of rotatable bonds is 2. The lowest BCUT2D eigenvalue weighted by Crippen LogP contribution is -2.01. The lowest BCUT2D eigenvalue weighted by molar-refractivity contribution is 0.0998. The molecule has 0 aliphatic carbocycles. The van der Waals surface area contributed by atoms with Crippen LogP contribution in [0.25, 0.3) is 0 Å². The second kappa shape index (κ2) is 4.31. The van der Waals surface area contributed by atoms with Crippen molar-refractivity contribution >= 4 is 5.78 Å². The number of Topliss-reactive ketones (excluding diaryl/α,β-unsaturated/α-hetero) is 1. The predicted octanol–water partition coefficient (Wildman–Crippen LogP) is 2.04. The van der Waals surface area contributed by atoms with Gasteiger partial charge in [-0.1, -0.05) is 11.8 Å². The number of carbonyl (C=O) groups is 1. The second-order valence-electron chi connectivity index (χ2n) is 4.55. The molecule has 0 atom stereocenters. The van der Waals surface area contributed by atoms with Gasteiger partial charge in [0.05, 0.1) is 18.2 Å². The molecule has 3 heteroatoms. The Balaban J connectivity index is 2.60. The topological polar surface area (TPSA) is 34.9 Å². The number of aryl methyl sites for hydroxylation is 1. The maximum atomic E-state index is 11.6. The summed E-state index contributed by atoms with van der Waals surface area (Å²) in [6.07, 6.45) is 3.55. The molecule has 0 unspecified atom stereocenters. The third-order valence-electron chi connectivity index (χ3n) is 1.74. The first kappa shape index (κ1) is 11.5. The van der Waals surface area contributed by atoms with Crippen LogP contribution < -0.4 is 0 Å². The molecule has 3 nitrogen and oxygen atoms in total. The first-order valence-electron chi connectivity index (χ1n) is 4.90. The third-order valence-corrected chi connectivity index (χ3v) is 1.74. The quantitative estimate of drug-likeness (QED) is 0.546. The fourth-order valence-electron chi connectivity index (χ4n) is 1.06. The van der Waals surface area contributed by atoms with Gasteiger partial charge in [0.2, 0.25) is 0 Å². The molecule has 80 valence electrons. The van der Waals surface area contributed by atoms with Crippen LogP contribution in [0, 0.1) is 17.3 Å². The Hall–Kier alpha value is -1.56. The summed E-state index contributed by atoms with van der Waals surface area (Å²) in [5.41, 5.74) is 0.579. The number of hydrogen-bond donors (Lipinski definition) is 0. The van der Waals surface area contributed by atoms with Crippen molar-refractivity contribution < 1.29 is 4.79 Å². The van der Waals surface area contributed by atoms with E-state index in [1.54, 1.807) is 24.1 Å². The Morgan fingerprint density at radius 2 is 2.20 bits per heavy atom. The zero-order valence-corrected chi connectivity index (χ0v) is 9.66. The van der Waals surface area contributed by atoms with Gasteiger partial charge in [-0.2, -0.15) is 5.10 Å². The summed E-state index contributed by atoms with van der Waals surface area (Å²) >= 11 is 0. The van der Waals surface area contributed by atoms with Gasteiger partial charge < -0.3 is 0 Å². The van der Waals surface area contributed by atoms with Gasteiger partial charge in [-0.25, -0.2) is 0 Å². The molecule has 1 aromatic rings. The monoisotopic (exact) mass is 204 g/mol. The summed E-state index contributed by atoms with van der Waals surface area (Å²) in [7, 11) is 1.79. The van der Waals surface area contributed by atoms with E-state index in [2.05, 4.69) is 16.9 Å². The molecule has 0 bridgehead atoms. The van der Waals surface area contributed by atoms with Gasteiger partial charge in [0, 0.05) is 18.7 Å². The molecule has 1 aromatic heterocycles. The van der Waals surface area contributed by atoms with Gasteiger partial charge in [0.25, 0.3) is 0 Å². The van der Waals surface area contributed by atoms with E-state index in [-0.39, 0.29) is 17.6 Å². The van der Waals surface area contributed by atoms with Crippen LogP contribution in [-0.2, 0) is 7.05 Å². The highest BCUT2D eigenvalue weighted by Gasteiger charge is 2.07. The van der Waals surface area contributed by atoms with Crippen LogP contribution in [0.1, 0.15) is 37.6 Å². The third kappa shape index (κ3) is 3.99. The van der Waals surface area contributed by atoms with Crippen LogP contribution in [0.5, 0.6) is 0 Å².